The summed E-state index contributed by atoms with van der Waals surface area (Å²) in [5.74, 6) is 3.61. The van der Waals surface area contributed by atoms with Gasteiger partial charge < -0.3 is 10.6 Å². The van der Waals surface area contributed by atoms with E-state index in [1.807, 2.05) is 28.4 Å². The summed E-state index contributed by atoms with van der Waals surface area (Å²) in [7, 11) is 0. The molecule has 2 rings (SSSR count). The smallest absolute Gasteiger partial charge is 0.236 e. The number of hydrogen-bond donors (Lipinski definition) is 1. The number of hydrogen-bond acceptors (Lipinski definition) is 4. The Morgan fingerprint density at radius 2 is 2.11 bits per heavy atom. The lowest BCUT2D eigenvalue weighted by Crippen LogP contribution is -2.55. The third kappa shape index (κ3) is 3.71. The molecule has 0 aliphatic carbocycles. The van der Waals surface area contributed by atoms with Crippen molar-refractivity contribution in [2.24, 2.45) is 11.1 Å². The maximum absolute atomic E-state index is 12.4. The molecule has 2 aliphatic rings. The van der Waals surface area contributed by atoms with Gasteiger partial charge in [-0.1, -0.05) is 13.8 Å². The van der Waals surface area contributed by atoms with Crippen LogP contribution in [0.3, 0.4) is 0 Å². The summed E-state index contributed by atoms with van der Waals surface area (Å²) in [6.07, 6.45) is 0.934. The van der Waals surface area contributed by atoms with Crippen molar-refractivity contribution >= 4 is 41.8 Å². The van der Waals surface area contributed by atoms with Crippen LogP contribution in [0, 0.1) is 5.41 Å². The summed E-state index contributed by atoms with van der Waals surface area (Å²) in [6, 6.07) is 0.222. The van der Waals surface area contributed by atoms with Gasteiger partial charge in [0.1, 0.15) is 0 Å². The van der Waals surface area contributed by atoms with Crippen molar-refractivity contribution < 1.29 is 4.79 Å². The van der Waals surface area contributed by atoms with Crippen LogP contribution in [-0.2, 0) is 4.79 Å². The molecule has 18 heavy (non-hydrogen) atoms. The van der Waals surface area contributed by atoms with Gasteiger partial charge in [0.15, 0.2) is 0 Å². The van der Waals surface area contributed by atoms with Crippen molar-refractivity contribution in [2.75, 3.05) is 30.3 Å². The lowest BCUT2D eigenvalue weighted by Gasteiger charge is -2.43. The Bertz CT molecular complexity index is 296. The number of likely N-dealkylation sites (tertiary alicyclic amines) is 1. The van der Waals surface area contributed by atoms with Crippen LogP contribution in [0.2, 0.25) is 0 Å². The molecule has 106 valence electrons. The molecular weight excluding hydrogens is 288 g/mol. The summed E-state index contributed by atoms with van der Waals surface area (Å²) in [6.45, 7) is 5.99. The van der Waals surface area contributed by atoms with E-state index in [1.165, 1.54) is 5.75 Å². The molecule has 1 amide bonds. The first-order valence-corrected chi connectivity index (χ1v) is 8.45. The highest BCUT2D eigenvalue weighted by Gasteiger charge is 2.37. The number of amides is 1. The number of nitrogens with zero attached hydrogens (tertiary/aromatic N) is 1. The molecule has 6 heteroatoms. The summed E-state index contributed by atoms with van der Waals surface area (Å²) in [4.78, 5) is 14.4. The molecule has 2 fully saturated rings. The van der Waals surface area contributed by atoms with Crippen molar-refractivity contribution in [2.45, 2.75) is 31.6 Å². The van der Waals surface area contributed by atoms with Gasteiger partial charge in [-0.05, 0) is 11.8 Å². The molecule has 0 radical (unpaired) electrons. The molecular formula is C12H23ClN2OS2. The van der Waals surface area contributed by atoms with Crippen LogP contribution < -0.4 is 5.73 Å². The van der Waals surface area contributed by atoms with Crippen molar-refractivity contribution in [3.63, 3.8) is 0 Å². The zero-order chi connectivity index (χ0) is 12.5. The Morgan fingerprint density at radius 1 is 1.39 bits per heavy atom. The predicted octanol–water partition coefficient (Wildman–Crippen LogP) is 1.84. The number of thioether (sulfide) groups is 2. The third-order valence-corrected chi connectivity index (χ3v) is 6.46. The van der Waals surface area contributed by atoms with Crippen LogP contribution in [0.5, 0.6) is 0 Å². The first-order chi connectivity index (χ1) is 8.00. The fourth-order valence-electron chi connectivity index (χ4n) is 2.40. The van der Waals surface area contributed by atoms with E-state index in [0.29, 0.717) is 5.91 Å². The van der Waals surface area contributed by atoms with Crippen molar-refractivity contribution in [1.82, 2.24) is 4.90 Å². The van der Waals surface area contributed by atoms with Gasteiger partial charge in [-0.2, -0.15) is 11.8 Å². The highest BCUT2D eigenvalue weighted by Crippen LogP contribution is 2.31. The average molecular weight is 311 g/mol. The molecule has 0 spiro atoms. The standard InChI is InChI=1S/C12H22N2OS2.ClH/c1-12(2)8-14(4-3-10(12)13)11(15)9-7-16-5-6-17-9;/h9-10H,3-8,13H2,1-2H3;1H. The van der Waals surface area contributed by atoms with E-state index < -0.39 is 0 Å². The van der Waals surface area contributed by atoms with Crippen molar-refractivity contribution in [3.05, 3.63) is 0 Å². The monoisotopic (exact) mass is 310 g/mol. The van der Waals surface area contributed by atoms with Crippen LogP contribution in [0.25, 0.3) is 0 Å². The van der Waals surface area contributed by atoms with E-state index in [1.54, 1.807) is 0 Å². The Kier molecular flexibility index (Phi) is 6.16. The van der Waals surface area contributed by atoms with Crippen molar-refractivity contribution in [3.8, 4) is 0 Å². The molecule has 0 aromatic heterocycles. The molecule has 2 atom stereocenters. The molecule has 0 aromatic carbocycles. The quantitative estimate of drug-likeness (QED) is 0.803. The second-order valence-corrected chi connectivity index (χ2v) is 8.04. The van der Waals surface area contributed by atoms with Gasteiger partial charge in [-0.25, -0.2) is 0 Å². The van der Waals surface area contributed by atoms with E-state index in [0.717, 1.165) is 31.0 Å². The minimum atomic E-state index is 0. The van der Waals surface area contributed by atoms with Gasteiger partial charge in [0.05, 0.1) is 5.25 Å². The highest BCUT2D eigenvalue weighted by atomic mass is 35.5. The van der Waals surface area contributed by atoms with E-state index in [9.17, 15) is 4.79 Å². The molecule has 0 saturated carbocycles. The molecule has 3 nitrogen and oxygen atoms in total. The van der Waals surface area contributed by atoms with Crippen LogP contribution >= 0.6 is 35.9 Å². The number of halogens is 1. The molecule has 2 heterocycles. The first-order valence-electron chi connectivity index (χ1n) is 6.24. The Balaban J connectivity index is 0.00000162. The second-order valence-electron chi connectivity index (χ2n) is 5.58. The first kappa shape index (κ1) is 16.5. The average Bonchev–Trinajstić information content (AvgIpc) is 2.33. The van der Waals surface area contributed by atoms with Crippen LogP contribution in [0.4, 0.5) is 0 Å². The Morgan fingerprint density at radius 3 is 2.67 bits per heavy atom. The summed E-state index contributed by atoms with van der Waals surface area (Å²) in [5.41, 5.74) is 6.16. The zero-order valence-corrected chi connectivity index (χ0v) is 13.5. The van der Waals surface area contributed by atoms with Gasteiger partial charge in [0, 0.05) is 36.4 Å². The van der Waals surface area contributed by atoms with Crippen LogP contribution in [0.1, 0.15) is 20.3 Å². The van der Waals surface area contributed by atoms with E-state index >= 15 is 0 Å². The number of piperidine rings is 1. The van der Waals surface area contributed by atoms with Crippen LogP contribution in [0.15, 0.2) is 0 Å². The summed E-state index contributed by atoms with van der Waals surface area (Å²) < 4.78 is 0. The fourth-order valence-corrected chi connectivity index (χ4v) is 5.03. The molecule has 2 N–H and O–H groups in total. The predicted molar refractivity (Wildman–Crippen MR) is 83.8 cm³/mol. The number of carbonyl (C=O) groups is 1. The van der Waals surface area contributed by atoms with E-state index in [4.69, 9.17) is 5.73 Å². The van der Waals surface area contributed by atoms with Crippen molar-refractivity contribution in [1.29, 1.82) is 0 Å². The summed E-state index contributed by atoms with van der Waals surface area (Å²) in [5, 5.41) is 0.180. The lowest BCUT2D eigenvalue weighted by molar-refractivity contribution is -0.133. The Hall–Kier alpha value is 0.420. The second kappa shape index (κ2) is 6.73. The zero-order valence-electron chi connectivity index (χ0n) is 11.1. The maximum Gasteiger partial charge on any atom is 0.236 e. The Labute approximate surface area is 124 Å². The molecule has 2 unspecified atom stereocenters. The minimum absolute atomic E-state index is 0. The molecule has 2 saturated heterocycles. The van der Waals surface area contributed by atoms with Gasteiger partial charge in [-0.3, -0.25) is 4.79 Å². The number of rotatable bonds is 1. The number of nitrogens with two attached hydrogens (primary N) is 1. The summed E-state index contributed by atoms with van der Waals surface area (Å²) >= 11 is 3.73. The van der Waals surface area contributed by atoms with E-state index in [-0.39, 0.29) is 29.1 Å². The molecule has 2 aliphatic heterocycles. The largest absolute Gasteiger partial charge is 0.341 e. The topological polar surface area (TPSA) is 46.3 Å². The van der Waals surface area contributed by atoms with Gasteiger partial charge in [-0.15, -0.1) is 24.2 Å². The minimum Gasteiger partial charge on any atom is -0.341 e. The molecule has 0 aromatic rings. The van der Waals surface area contributed by atoms with Gasteiger partial charge in [0.2, 0.25) is 5.91 Å². The SMILES string of the molecule is CC1(C)CN(C(=O)C2CSCCS2)CCC1N.Cl. The lowest BCUT2D eigenvalue weighted by atomic mass is 9.79. The van der Waals surface area contributed by atoms with E-state index in [2.05, 4.69) is 13.8 Å². The molecule has 0 bridgehead atoms. The highest BCUT2D eigenvalue weighted by molar-refractivity contribution is 8.07. The number of carbonyl (C=O) groups excluding carboxylic acids is 1. The fraction of sp³-hybridized carbons (Fsp3) is 0.917. The van der Waals surface area contributed by atoms with Gasteiger partial charge in [0.25, 0.3) is 0 Å². The van der Waals surface area contributed by atoms with Gasteiger partial charge >= 0.3 is 0 Å². The van der Waals surface area contributed by atoms with Crippen LogP contribution in [-0.4, -0.2) is 52.4 Å². The maximum atomic E-state index is 12.4. The third-order valence-electron chi connectivity index (χ3n) is 3.72. The normalized spacial score (nSPS) is 31.6.